The Bertz CT molecular complexity index is 695. The van der Waals surface area contributed by atoms with E-state index in [0.29, 0.717) is 5.78 Å². The fraction of sp³-hybridized carbons (Fsp3) is 0.500. The number of ketones is 1. The van der Waals surface area contributed by atoms with E-state index in [0.717, 1.165) is 38.6 Å². The molecule has 2 heterocycles. The van der Waals surface area contributed by atoms with E-state index < -0.39 is 0 Å². The molecule has 1 unspecified atom stereocenters. The zero-order chi connectivity index (χ0) is 13.7. The van der Waals surface area contributed by atoms with Crippen LogP contribution in [-0.2, 0) is 24.2 Å². The summed E-state index contributed by atoms with van der Waals surface area (Å²) in [5, 5.41) is 1.40. The highest BCUT2D eigenvalue weighted by Gasteiger charge is 2.27. The van der Waals surface area contributed by atoms with Crippen LogP contribution in [0.5, 0.6) is 0 Å². The van der Waals surface area contributed by atoms with Crippen LogP contribution < -0.4 is 0 Å². The van der Waals surface area contributed by atoms with Gasteiger partial charge in [-0.25, -0.2) is 0 Å². The number of hydrogen-bond acceptors (Lipinski definition) is 1. The number of aryl methyl sites for hydroxylation is 2. The molecular formula is C18H21NO. The zero-order valence-corrected chi connectivity index (χ0v) is 12.1. The molecule has 0 saturated heterocycles. The molecule has 1 fully saturated rings. The van der Waals surface area contributed by atoms with Gasteiger partial charge in [0, 0.05) is 30.0 Å². The second-order valence-corrected chi connectivity index (χ2v) is 6.39. The van der Waals surface area contributed by atoms with Crippen molar-refractivity contribution in [3.63, 3.8) is 0 Å². The quantitative estimate of drug-likeness (QED) is 0.811. The third kappa shape index (κ3) is 1.67. The van der Waals surface area contributed by atoms with Crippen molar-refractivity contribution in [1.29, 1.82) is 0 Å². The van der Waals surface area contributed by atoms with Crippen molar-refractivity contribution in [3.05, 3.63) is 35.0 Å². The van der Waals surface area contributed by atoms with E-state index in [1.165, 1.54) is 34.1 Å². The number of carbonyl (C=O) groups is 1. The van der Waals surface area contributed by atoms with Crippen LogP contribution >= 0.6 is 0 Å². The molecule has 0 amide bonds. The van der Waals surface area contributed by atoms with Crippen LogP contribution in [0.15, 0.2) is 18.2 Å². The Morgan fingerprint density at radius 1 is 1.25 bits per heavy atom. The second-order valence-electron chi connectivity index (χ2n) is 6.39. The average Bonchev–Trinajstić information content (AvgIpc) is 3.00. The lowest BCUT2D eigenvalue weighted by Crippen LogP contribution is -2.21. The Labute approximate surface area is 119 Å². The summed E-state index contributed by atoms with van der Waals surface area (Å²) in [6, 6.07) is 6.68. The zero-order valence-electron chi connectivity index (χ0n) is 12.1. The van der Waals surface area contributed by atoms with Gasteiger partial charge >= 0.3 is 0 Å². The predicted octanol–water partition coefficient (Wildman–Crippen LogP) is 3.81. The van der Waals surface area contributed by atoms with Crippen molar-refractivity contribution >= 4 is 16.7 Å². The van der Waals surface area contributed by atoms with Gasteiger partial charge in [-0.1, -0.05) is 24.6 Å². The third-order valence-corrected chi connectivity index (χ3v) is 5.29. The van der Waals surface area contributed by atoms with E-state index in [9.17, 15) is 4.79 Å². The molecule has 1 aromatic heterocycles. The number of Topliss-reactive ketones (excluding diaryl/α,β-unsaturated/α-hetero) is 1. The Balaban J connectivity index is 1.79. The van der Waals surface area contributed by atoms with E-state index in [1.807, 2.05) is 0 Å². The van der Waals surface area contributed by atoms with Crippen molar-refractivity contribution in [3.8, 4) is 0 Å². The first-order valence-electron chi connectivity index (χ1n) is 7.88. The minimum atomic E-state index is 0.268. The molecule has 0 bridgehead atoms. The smallest absolute Gasteiger partial charge is 0.136 e. The number of para-hydroxylation sites is 1. The number of benzene rings is 1. The van der Waals surface area contributed by atoms with Crippen LogP contribution in [0.25, 0.3) is 10.9 Å². The lowest BCUT2D eigenvalue weighted by molar-refractivity contribution is -0.124. The molecule has 4 rings (SSSR count). The van der Waals surface area contributed by atoms with Crippen LogP contribution in [0.2, 0.25) is 0 Å². The molecule has 1 atom stereocenters. The molecule has 2 nitrogen and oxygen atoms in total. The summed E-state index contributed by atoms with van der Waals surface area (Å²) in [4.78, 5) is 12.1. The van der Waals surface area contributed by atoms with E-state index in [1.54, 1.807) is 0 Å². The average molecular weight is 267 g/mol. The Morgan fingerprint density at radius 2 is 2.15 bits per heavy atom. The topological polar surface area (TPSA) is 22.0 Å². The summed E-state index contributed by atoms with van der Waals surface area (Å²) in [5.41, 5.74) is 5.74. The van der Waals surface area contributed by atoms with Gasteiger partial charge in [-0.3, -0.25) is 4.79 Å². The number of carbonyl (C=O) groups excluding carboxylic acids is 1. The molecule has 0 spiro atoms. The molecule has 1 aliphatic carbocycles. The number of aromatic nitrogens is 1. The maximum atomic E-state index is 12.1. The second kappa shape index (κ2) is 4.47. The lowest BCUT2D eigenvalue weighted by Gasteiger charge is -2.20. The summed E-state index contributed by atoms with van der Waals surface area (Å²) in [6.07, 6.45) is 6.32. The highest BCUT2D eigenvalue weighted by molar-refractivity contribution is 5.90. The summed E-state index contributed by atoms with van der Waals surface area (Å²) < 4.78 is 2.47. The van der Waals surface area contributed by atoms with Crippen molar-refractivity contribution in [2.24, 2.45) is 5.92 Å². The maximum absolute atomic E-state index is 12.1. The van der Waals surface area contributed by atoms with Crippen LogP contribution in [0, 0.1) is 12.8 Å². The molecule has 2 aromatic rings. The molecule has 1 aromatic carbocycles. The predicted molar refractivity (Wildman–Crippen MR) is 81.0 cm³/mol. The Kier molecular flexibility index (Phi) is 2.73. The standard InChI is InChI=1S/C18H21NO/c1-12-16(11-14-5-2-3-8-17(14)20)15-7-4-6-13-9-10-19(12)18(13)15/h4,6-7,14H,2-3,5,8-11H2,1H3. The first kappa shape index (κ1) is 12.2. The van der Waals surface area contributed by atoms with Crippen molar-refractivity contribution < 1.29 is 4.79 Å². The van der Waals surface area contributed by atoms with Gasteiger partial charge in [0.1, 0.15) is 5.78 Å². The molecule has 1 saturated carbocycles. The first-order chi connectivity index (χ1) is 9.75. The molecular weight excluding hydrogens is 246 g/mol. The van der Waals surface area contributed by atoms with E-state index in [2.05, 4.69) is 29.7 Å². The van der Waals surface area contributed by atoms with Gasteiger partial charge in [0.05, 0.1) is 5.52 Å². The van der Waals surface area contributed by atoms with Gasteiger partial charge in [0.2, 0.25) is 0 Å². The molecule has 0 radical (unpaired) electrons. The van der Waals surface area contributed by atoms with Crippen molar-refractivity contribution in [2.75, 3.05) is 0 Å². The van der Waals surface area contributed by atoms with Gasteiger partial charge in [0.15, 0.2) is 0 Å². The van der Waals surface area contributed by atoms with Crippen LogP contribution in [-0.4, -0.2) is 10.4 Å². The Hall–Kier alpha value is -1.57. The summed E-state index contributed by atoms with van der Waals surface area (Å²) in [6.45, 7) is 3.35. The molecule has 2 heteroatoms. The highest BCUT2D eigenvalue weighted by atomic mass is 16.1. The summed E-state index contributed by atoms with van der Waals surface area (Å²) in [7, 11) is 0. The van der Waals surface area contributed by atoms with Gasteiger partial charge in [-0.05, 0) is 43.7 Å². The maximum Gasteiger partial charge on any atom is 0.136 e. The number of rotatable bonds is 2. The number of nitrogens with zero attached hydrogens (tertiary/aromatic N) is 1. The highest BCUT2D eigenvalue weighted by Crippen LogP contribution is 2.36. The van der Waals surface area contributed by atoms with Gasteiger partial charge in [-0.15, -0.1) is 0 Å². The molecule has 1 aliphatic heterocycles. The lowest BCUT2D eigenvalue weighted by atomic mass is 9.83. The molecule has 2 aliphatic rings. The van der Waals surface area contributed by atoms with Crippen LogP contribution in [0.3, 0.4) is 0 Å². The summed E-state index contributed by atoms with van der Waals surface area (Å²) >= 11 is 0. The molecule has 20 heavy (non-hydrogen) atoms. The van der Waals surface area contributed by atoms with Crippen LogP contribution in [0.4, 0.5) is 0 Å². The SMILES string of the molecule is Cc1c(CC2CCCCC2=O)c2cccc3c2n1CC3. The minimum absolute atomic E-state index is 0.268. The van der Waals surface area contributed by atoms with E-state index in [4.69, 9.17) is 0 Å². The first-order valence-corrected chi connectivity index (χ1v) is 7.88. The van der Waals surface area contributed by atoms with Crippen molar-refractivity contribution in [2.45, 2.75) is 52.0 Å². The Morgan fingerprint density at radius 3 is 3.00 bits per heavy atom. The largest absolute Gasteiger partial charge is 0.344 e. The summed E-state index contributed by atoms with van der Waals surface area (Å²) in [5.74, 6) is 0.759. The van der Waals surface area contributed by atoms with Gasteiger partial charge in [-0.2, -0.15) is 0 Å². The molecule has 104 valence electrons. The fourth-order valence-corrected chi connectivity index (χ4v) is 4.17. The van der Waals surface area contributed by atoms with E-state index in [-0.39, 0.29) is 5.92 Å². The monoisotopic (exact) mass is 267 g/mol. The third-order valence-electron chi connectivity index (χ3n) is 5.29. The minimum Gasteiger partial charge on any atom is -0.344 e. The normalized spacial score (nSPS) is 21.9. The van der Waals surface area contributed by atoms with Gasteiger partial charge in [0.25, 0.3) is 0 Å². The van der Waals surface area contributed by atoms with E-state index >= 15 is 0 Å². The van der Waals surface area contributed by atoms with Crippen LogP contribution in [0.1, 0.15) is 42.5 Å². The van der Waals surface area contributed by atoms with Gasteiger partial charge < -0.3 is 4.57 Å². The molecule has 0 N–H and O–H groups in total. The number of hydrogen-bond donors (Lipinski definition) is 0. The van der Waals surface area contributed by atoms with Crippen molar-refractivity contribution in [1.82, 2.24) is 4.57 Å². The fourth-order valence-electron chi connectivity index (χ4n) is 4.17.